The number of rotatable bonds is 3. The summed E-state index contributed by atoms with van der Waals surface area (Å²) in [4.78, 5) is 13.5. The van der Waals surface area contributed by atoms with E-state index in [1.165, 1.54) is 11.0 Å². The van der Waals surface area contributed by atoms with E-state index in [1.54, 1.807) is 12.1 Å². The Morgan fingerprint density at radius 2 is 2.24 bits per heavy atom. The second kappa shape index (κ2) is 5.69. The molecule has 0 saturated heterocycles. The van der Waals surface area contributed by atoms with Crippen LogP contribution in [0.4, 0.5) is 0 Å². The molecule has 0 radical (unpaired) electrons. The number of halogens is 1. The van der Waals surface area contributed by atoms with Gasteiger partial charge in [0.2, 0.25) is 0 Å². The molecule has 0 spiro atoms. The number of aromatic hydroxyl groups is 1. The van der Waals surface area contributed by atoms with E-state index >= 15 is 0 Å². The molecule has 4 nitrogen and oxygen atoms in total. The second-order valence-electron chi connectivity index (χ2n) is 3.85. The van der Waals surface area contributed by atoms with E-state index in [-0.39, 0.29) is 29.8 Å². The minimum atomic E-state index is -0.347. The van der Waals surface area contributed by atoms with Gasteiger partial charge in [-0.1, -0.05) is 15.9 Å². The van der Waals surface area contributed by atoms with Crippen LogP contribution in [0.2, 0.25) is 0 Å². The molecule has 0 unspecified atom stereocenters. The Morgan fingerprint density at radius 1 is 1.59 bits per heavy atom. The van der Waals surface area contributed by atoms with Gasteiger partial charge in [-0.25, -0.2) is 0 Å². The molecule has 1 rings (SSSR count). The fraction of sp³-hybridized carbons (Fsp3) is 0.333. The summed E-state index contributed by atoms with van der Waals surface area (Å²) < 4.78 is 0.708. The van der Waals surface area contributed by atoms with Crippen molar-refractivity contribution in [1.82, 2.24) is 4.90 Å². The summed E-state index contributed by atoms with van der Waals surface area (Å²) in [6, 6.07) is 6.49. The molecule has 0 heterocycles. The molecule has 1 N–H and O–H groups in total. The molecule has 0 fully saturated rings. The summed E-state index contributed by atoms with van der Waals surface area (Å²) in [7, 11) is 0. The molecule has 0 aliphatic carbocycles. The van der Waals surface area contributed by atoms with Gasteiger partial charge < -0.3 is 10.0 Å². The maximum atomic E-state index is 12.1. The zero-order chi connectivity index (χ0) is 13.0. The number of benzene rings is 1. The molecule has 90 valence electrons. The van der Waals surface area contributed by atoms with Crippen LogP contribution in [0.25, 0.3) is 0 Å². The number of hydrogen-bond acceptors (Lipinski definition) is 3. The van der Waals surface area contributed by atoms with Crippen molar-refractivity contribution in [3.8, 4) is 11.8 Å². The highest BCUT2D eigenvalue weighted by Gasteiger charge is 2.21. The van der Waals surface area contributed by atoms with Gasteiger partial charge in [0, 0.05) is 10.5 Å². The minimum absolute atomic E-state index is 0.00243. The van der Waals surface area contributed by atoms with Gasteiger partial charge in [0.05, 0.1) is 11.6 Å². The van der Waals surface area contributed by atoms with Gasteiger partial charge in [-0.15, -0.1) is 0 Å². The van der Waals surface area contributed by atoms with Gasteiger partial charge in [-0.3, -0.25) is 4.79 Å². The van der Waals surface area contributed by atoms with Gasteiger partial charge in [0.15, 0.2) is 0 Å². The Hall–Kier alpha value is -1.54. The lowest BCUT2D eigenvalue weighted by Gasteiger charge is -2.24. The lowest BCUT2D eigenvalue weighted by Crippen LogP contribution is -2.37. The average molecular weight is 297 g/mol. The van der Waals surface area contributed by atoms with Gasteiger partial charge in [0.1, 0.15) is 12.3 Å². The van der Waals surface area contributed by atoms with Crippen molar-refractivity contribution < 1.29 is 9.90 Å². The highest BCUT2D eigenvalue weighted by atomic mass is 79.9. The van der Waals surface area contributed by atoms with E-state index < -0.39 is 0 Å². The van der Waals surface area contributed by atoms with Gasteiger partial charge in [-0.2, -0.15) is 5.26 Å². The van der Waals surface area contributed by atoms with Crippen molar-refractivity contribution in [2.75, 3.05) is 6.54 Å². The van der Waals surface area contributed by atoms with Crippen molar-refractivity contribution in [2.45, 2.75) is 19.9 Å². The van der Waals surface area contributed by atoms with E-state index in [1.807, 2.05) is 19.9 Å². The number of carbonyl (C=O) groups excluding carboxylic acids is 1. The standard InChI is InChI=1S/C12H13BrN2O2/c1-8(2)15(6-5-14)12(17)10-7-9(13)3-4-11(10)16/h3-4,7-8,16H,6H2,1-2H3. The first kappa shape index (κ1) is 13.5. The van der Waals surface area contributed by atoms with E-state index in [2.05, 4.69) is 15.9 Å². The maximum Gasteiger partial charge on any atom is 0.258 e. The fourth-order valence-electron chi connectivity index (χ4n) is 1.40. The predicted molar refractivity (Wildman–Crippen MR) is 67.6 cm³/mol. The highest BCUT2D eigenvalue weighted by Crippen LogP contribution is 2.23. The average Bonchev–Trinajstić information content (AvgIpc) is 2.28. The topological polar surface area (TPSA) is 64.3 Å². The minimum Gasteiger partial charge on any atom is -0.507 e. The largest absolute Gasteiger partial charge is 0.507 e. The SMILES string of the molecule is CC(C)N(CC#N)C(=O)c1cc(Br)ccc1O. The van der Waals surface area contributed by atoms with Crippen LogP contribution in [-0.2, 0) is 0 Å². The molecule has 1 aromatic carbocycles. The summed E-state index contributed by atoms with van der Waals surface area (Å²) >= 11 is 3.24. The van der Waals surface area contributed by atoms with Crippen LogP contribution in [0.5, 0.6) is 5.75 Å². The van der Waals surface area contributed by atoms with Crippen LogP contribution in [-0.4, -0.2) is 28.5 Å². The van der Waals surface area contributed by atoms with Gasteiger partial charge in [0.25, 0.3) is 5.91 Å². The van der Waals surface area contributed by atoms with E-state index in [0.717, 1.165) is 0 Å². The van der Waals surface area contributed by atoms with E-state index in [0.29, 0.717) is 4.47 Å². The van der Waals surface area contributed by atoms with Crippen molar-refractivity contribution >= 4 is 21.8 Å². The van der Waals surface area contributed by atoms with Crippen molar-refractivity contribution in [3.05, 3.63) is 28.2 Å². The third-order valence-electron chi connectivity index (χ3n) is 2.31. The molecular formula is C12H13BrN2O2. The third kappa shape index (κ3) is 3.21. The van der Waals surface area contributed by atoms with Crippen molar-refractivity contribution in [2.24, 2.45) is 0 Å². The number of phenols is 1. The first-order valence-corrected chi connectivity index (χ1v) is 5.93. The lowest BCUT2D eigenvalue weighted by atomic mass is 10.1. The molecule has 0 aliphatic heterocycles. The smallest absolute Gasteiger partial charge is 0.258 e. The molecule has 17 heavy (non-hydrogen) atoms. The third-order valence-corrected chi connectivity index (χ3v) is 2.81. The summed E-state index contributed by atoms with van der Waals surface area (Å²) in [5.41, 5.74) is 0.198. The van der Waals surface area contributed by atoms with Crippen LogP contribution >= 0.6 is 15.9 Å². The lowest BCUT2D eigenvalue weighted by molar-refractivity contribution is 0.0728. The summed E-state index contributed by atoms with van der Waals surface area (Å²) in [5, 5.41) is 18.3. The normalized spacial score (nSPS) is 10.1. The molecule has 0 atom stereocenters. The van der Waals surface area contributed by atoms with Crippen molar-refractivity contribution in [1.29, 1.82) is 5.26 Å². The number of amides is 1. The summed E-state index contributed by atoms with van der Waals surface area (Å²) in [6.07, 6.45) is 0. The maximum absolute atomic E-state index is 12.1. The molecular weight excluding hydrogens is 284 g/mol. The zero-order valence-electron chi connectivity index (χ0n) is 9.64. The second-order valence-corrected chi connectivity index (χ2v) is 4.76. The first-order valence-electron chi connectivity index (χ1n) is 5.13. The van der Waals surface area contributed by atoms with Gasteiger partial charge in [-0.05, 0) is 32.0 Å². The number of hydrogen-bond donors (Lipinski definition) is 1. The molecule has 0 aliphatic rings. The van der Waals surface area contributed by atoms with Crippen molar-refractivity contribution in [3.63, 3.8) is 0 Å². The Labute approximate surface area is 109 Å². The monoisotopic (exact) mass is 296 g/mol. The molecule has 1 aromatic rings. The van der Waals surface area contributed by atoms with Crippen LogP contribution in [0.3, 0.4) is 0 Å². The fourth-order valence-corrected chi connectivity index (χ4v) is 1.76. The Morgan fingerprint density at radius 3 is 2.76 bits per heavy atom. The molecule has 1 amide bonds. The van der Waals surface area contributed by atoms with Crippen LogP contribution in [0, 0.1) is 11.3 Å². The Bertz CT molecular complexity index is 466. The number of carbonyl (C=O) groups is 1. The molecule has 0 aromatic heterocycles. The van der Waals surface area contributed by atoms with E-state index in [9.17, 15) is 9.90 Å². The molecule has 0 bridgehead atoms. The highest BCUT2D eigenvalue weighted by molar-refractivity contribution is 9.10. The molecule has 0 saturated carbocycles. The first-order chi connectivity index (χ1) is 7.97. The van der Waals surface area contributed by atoms with Crippen LogP contribution in [0.1, 0.15) is 24.2 Å². The number of nitrogens with zero attached hydrogens (tertiary/aromatic N) is 2. The van der Waals surface area contributed by atoms with Crippen LogP contribution in [0.15, 0.2) is 22.7 Å². The quantitative estimate of drug-likeness (QED) is 0.872. The van der Waals surface area contributed by atoms with Crippen LogP contribution < -0.4 is 0 Å². The Kier molecular flexibility index (Phi) is 4.53. The number of nitriles is 1. The summed E-state index contributed by atoms with van der Waals surface area (Å²) in [5.74, 6) is -0.429. The molecule has 5 heteroatoms. The van der Waals surface area contributed by atoms with Gasteiger partial charge >= 0.3 is 0 Å². The number of phenolic OH excluding ortho intramolecular Hbond substituents is 1. The zero-order valence-corrected chi connectivity index (χ0v) is 11.2. The Balaban J connectivity index is 3.10. The summed E-state index contributed by atoms with van der Waals surface area (Å²) in [6.45, 7) is 3.65. The predicted octanol–water partition coefficient (Wildman–Crippen LogP) is 2.53. The van der Waals surface area contributed by atoms with E-state index in [4.69, 9.17) is 5.26 Å².